The maximum atomic E-state index is 12.5. The molecule has 0 bridgehead atoms. The van der Waals surface area contributed by atoms with Crippen LogP contribution in [-0.2, 0) is 19.0 Å². The highest BCUT2D eigenvalue weighted by Gasteiger charge is 2.43. The van der Waals surface area contributed by atoms with Crippen LogP contribution in [0.15, 0.2) is 30.4 Å². The summed E-state index contributed by atoms with van der Waals surface area (Å²) in [5, 5.41) is 10.3. The van der Waals surface area contributed by atoms with Crippen molar-refractivity contribution in [2.75, 3.05) is 13.7 Å². The molecule has 0 aromatic heterocycles. The van der Waals surface area contributed by atoms with Crippen LogP contribution >= 0.6 is 0 Å². The molecule has 1 fully saturated rings. The number of carbonyl (C=O) groups excluding carboxylic acids is 2. The van der Waals surface area contributed by atoms with Gasteiger partial charge in [-0.25, -0.2) is 4.79 Å². The van der Waals surface area contributed by atoms with E-state index in [1.165, 1.54) is 19.3 Å². The van der Waals surface area contributed by atoms with Crippen molar-refractivity contribution in [3.63, 3.8) is 0 Å². The average Bonchev–Trinajstić information content (AvgIpc) is 2.94. The van der Waals surface area contributed by atoms with E-state index in [0.29, 0.717) is 24.2 Å². The molecule has 7 nitrogen and oxygen atoms in total. The molecule has 0 amide bonds. The summed E-state index contributed by atoms with van der Waals surface area (Å²) < 4.78 is 22.0. The number of hydrogen-bond donors (Lipinski definition) is 1. The standard InChI is InChI=1S/C21H24O7/c1-21(2)27-17-9-6-7-13-11-14(25-3)12-16(23)18(13)20(24)26-10-5-4-8-15(22)19(17)28-21/h4,6-8,11-12,17,19,23H,5,9-10H2,1-3H3/b7-6+,8-4-/t17-,19?/m0/s1. The van der Waals surface area contributed by atoms with Crippen molar-refractivity contribution in [2.24, 2.45) is 0 Å². The Bertz CT molecular complexity index is 822. The molecule has 150 valence electrons. The summed E-state index contributed by atoms with van der Waals surface area (Å²) in [7, 11) is 1.47. The molecule has 28 heavy (non-hydrogen) atoms. The minimum atomic E-state index is -0.862. The second kappa shape index (κ2) is 8.16. The lowest BCUT2D eigenvalue weighted by Gasteiger charge is -2.16. The van der Waals surface area contributed by atoms with Crippen LogP contribution in [0.5, 0.6) is 11.5 Å². The molecular formula is C21H24O7. The van der Waals surface area contributed by atoms with Crippen LogP contribution in [0.25, 0.3) is 6.08 Å². The van der Waals surface area contributed by atoms with Gasteiger partial charge in [0.15, 0.2) is 11.6 Å². The molecule has 1 saturated heterocycles. The summed E-state index contributed by atoms with van der Waals surface area (Å²) >= 11 is 0. The van der Waals surface area contributed by atoms with Crippen molar-refractivity contribution >= 4 is 17.8 Å². The Morgan fingerprint density at radius 2 is 1.93 bits per heavy atom. The van der Waals surface area contributed by atoms with Crippen molar-refractivity contribution in [1.29, 1.82) is 0 Å². The van der Waals surface area contributed by atoms with Crippen LogP contribution in [0.1, 0.15) is 42.6 Å². The Morgan fingerprint density at radius 1 is 1.14 bits per heavy atom. The number of aromatic hydroxyl groups is 1. The van der Waals surface area contributed by atoms with E-state index in [1.807, 2.05) is 0 Å². The number of cyclic esters (lactones) is 1. The zero-order valence-corrected chi connectivity index (χ0v) is 16.1. The summed E-state index contributed by atoms with van der Waals surface area (Å²) in [5.41, 5.74) is 0.519. The Balaban J connectivity index is 1.97. The van der Waals surface area contributed by atoms with E-state index >= 15 is 0 Å². The maximum Gasteiger partial charge on any atom is 0.342 e. The average molecular weight is 388 g/mol. The molecule has 0 radical (unpaired) electrons. The summed E-state index contributed by atoms with van der Waals surface area (Å²) in [6, 6.07) is 3.00. The van der Waals surface area contributed by atoms with Gasteiger partial charge in [-0.1, -0.05) is 18.2 Å². The molecule has 1 N–H and O–H groups in total. The van der Waals surface area contributed by atoms with Crippen molar-refractivity contribution in [2.45, 2.75) is 44.7 Å². The van der Waals surface area contributed by atoms with Gasteiger partial charge in [0.2, 0.25) is 0 Å². The molecule has 1 aromatic carbocycles. The Kier molecular flexibility index (Phi) is 5.86. The summed E-state index contributed by atoms with van der Waals surface area (Å²) in [5.74, 6) is -1.50. The molecule has 0 spiro atoms. The number of carbonyl (C=O) groups is 2. The lowest BCUT2D eigenvalue weighted by molar-refractivity contribution is -0.152. The molecule has 0 aliphatic carbocycles. The third kappa shape index (κ3) is 4.43. The number of benzene rings is 1. The van der Waals surface area contributed by atoms with E-state index in [1.54, 1.807) is 38.1 Å². The van der Waals surface area contributed by atoms with E-state index in [2.05, 4.69) is 0 Å². The van der Waals surface area contributed by atoms with E-state index in [4.69, 9.17) is 18.9 Å². The van der Waals surface area contributed by atoms with Crippen LogP contribution in [-0.4, -0.2) is 48.6 Å². The van der Waals surface area contributed by atoms with Gasteiger partial charge >= 0.3 is 5.97 Å². The highest BCUT2D eigenvalue weighted by atomic mass is 16.8. The second-order valence-electron chi connectivity index (χ2n) is 7.07. The van der Waals surface area contributed by atoms with Crippen LogP contribution in [0.2, 0.25) is 0 Å². The third-order valence-electron chi connectivity index (χ3n) is 4.49. The van der Waals surface area contributed by atoms with E-state index in [0.717, 1.165) is 0 Å². The number of fused-ring (bicyclic) bond motifs is 2. The maximum absolute atomic E-state index is 12.5. The monoisotopic (exact) mass is 388 g/mol. The molecule has 2 heterocycles. The first-order valence-corrected chi connectivity index (χ1v) is 9.11. The van der Waals surface area contributed by atoms with Gasteiger partial charge in [-0.05, 0) is 44.4 Å². The Hall–Kier alpha value is -2.64. The van der Waals surface area contributed by atoms with Crippen LogP contribution in [0, 0.1) is 0 Å². The van der Waals surface area contributed by atoms with Gasteiger partial charge < -0.3 is 24.1 Å². The lowest BCUT2D eigenvalue weighted by Crippen LogP contribution is -2.30. The number of rotatable bonds is 1. The van der Waals surface area contributed by atoms with Gasteiger partial charge in [0.1, 0.15) is 23.2 Å². The number of methoxy groups -OCH3 is 1. The summed E-state index contributed by atoms with van der Waals surface area (Å²) in [6.45, 7) is 3.60. The van der Waals surface area contributed by atoms with Gasteiger partial charge in [0, 0.05) is 6.07 Å². The predicted molar refractivity (Wildman–Crippen MR) is 101 cm³/mol. The van der Waals surface area contributed by atoms with E-state index < -0.39 is 24.0 Å². The Labute approximate surface area is 163 Å². The largest absolute Gasteiger partial charge is 0.507 e. The smallest absolute Gasteiger partial charge is 0.342 e. The number of ether oxygens (including phenoxy) is 4. The fraction of sp³-hybridized carbons (Fsp3) is 0.429. The fourth-order valence-corrected chi connectivity index (χ4v) is 3.26. The van der Waals surface area contributed by atoms with Crippen molar-refractivity contribution in [3.05, 3.63) is 41.5 Å². The SMILES string of the molecule is COc1cc(O)c2c(c1)/C=C/C[C@@H]1OC(C)(C)OC1C(=O)/C=C\CCOC2=O. The highest BCUT2D eigenvalue weighted by molar-refractivity contribution is 5.97. The molecule has 3 rings (SSSR count). The third-order valence-corrected chi connectivity index (χ3v) is 4.49. The first-order chi connectivity index (χ1) is 13.3. The van der Waals surface area contributed by atoms with Gasteiger partial charge in [0.25, 0.3) is 0 Å². The van der Waals surface area contributed by atoms with Crippen molar-refractivity contribution in [3.8, 4) is 11.5 Å². The minimum Gasteiger partial charge on any atom is -0.507 e. The molecular weight excluding hydrogens is 364 g/mol. The quantitative estimate of drug-likeness (QED) is 0.740. The molecule has 7 heteroatoms. The van der Waals surface area contributed by atoms with E-state index in [9.17, 15) is 14.7 Å². The number of ketones is 1. The zero-order chi connectivity index (χ0) is 20.3. The number of hydrogen-bond acceptors (Lipinski definition) is 7. The molecule has 2 aliphatic heterocycles. The van der Waals surface area contributed by atoms with Gasteiger partial charge in [0.05, 0.1) is 19.8 Å². The minimum absolute atomic E-state index is 0.0645. The van der Waals surface area contributed by atoms with Crippen LogP contribution in [0.4, 0.5) is 0 Å². The molecule has 1 unspecified atom stereocenters. The number of esters is 1. The molecule has 1 aromatic rings. The first-order valence-electron chi connectivity index (χ1n) is 9.11. The Morgan fingerprint density at radius 3 is 2.68 bits per heavy atom. The van der Waals surface area contributed by atoms with Gasteiger partial charge in [-0.3, -0.25) is 4.79 Å². The molecule has 0 saturated carbocycles. The highest BCUT2D eigenvalue weighted by Crippen LogP contribution is 2.33. The normalized spacial score (nSPS) is 27.1. The summed E-state index contributed by atoms with van der Waals surface area (Å²) in [6.07, 6.45) is 6.11. The van der Waals surface area contributed by atoms with Crippen molar-refractivity contribution < 1.29 is 33.6 Å². The van der Waals surface area contributed by atoms with Crippen LogP contribution < -0.4 is 4.74 Å². The summed E-state index contributed by atoms with van der Waals surface area (Å²) in [4.78, 5) is 24.9. The first kappa shape index (κ1) is 20.1. The van der Waals surface area contributed by atoms with Crippen molar-refractivity contribution in [1.82, 2.24) is 0 Å². The van der Waals surface area contributed by atoms with Crippen LogP contribution in [0.3, 0.4) is 0 Å². The number of phenolic OH excluding ortho intramolecular Hbond substituents is 1. The number of phenols is 1. The van der Waals surface area contributed by atoms with Gasteiger partial charge in [-0.2, -0.15) is 0 Å². The van der Waals surface area contributed by atoms with Gasteiger partial charge in [-0.15, -0.1) is 0 Å². The lowest BCUT2D eigenvalue weighted by atomic mass is 10.0. The molecule has 2 aliphatic rings. The zero-order valence-electron chi connectivity index (χ0n) is 16.1. The van der Waals surface area contributed by atoms with E-state index in [-0.39, 0.29) is 23.7 Å². The predicted octanol–water partition coefficient (Wildman–Crippen LogP) is 3.01. The second-order valence-corrected chi connectivity index (χ2v) is 7.07. The fourth-order valence-electron chi connectivity index (χ4n) is 3.26. The topological polar surface area (TPSA) is 91.3 Å². The molecule has 2 atom stereocenters.